The number of amides is 1. The standard InChI is InChI=1S/C18H18ClNO3/c1-23-18(22)15-8-5-14(6-9-15)12-20-17(21)10-7-13-3-2-4-16(19)11-13/h2-6,8-9,11H,7,10,12H2,1H3,(H,20,21). The van der Waals surface area contributed by atoms with Gasteiger partial charge in [-0.2, -0.15) is 0 Å². The first-order valence-corrected chi connectivity index (χ1v) is 7.64. The Bertz CT molecular complexity index is 683. The second kappa shape index (κ2) is 8.34. The number of esters is 1. The van der Waals surface area contributed by atoms with Crippen LogP contribution in [0.3, 0.4) is 0 Å². The fourth-order valence-corrected chi connectivity index (χ4v) is 2.33. The molecule has 0 saturated heterocycles. The SMILES string of the molecule is COC(=O)c1ccc(CNC(=O)CCc2cccc(Cl)c2)cc1. The Balaban J connectivity index is 1.79. The Morgan fingerprint density at radius 1 is 1.09 bits per heavy atom. The van der Waals surface area contributed by atoms with Gasteiger partial charge in [-0.05, 0) is 41.8 Å². The van der Waals surface area contributed by atoms with Gasteiger partial charge in [-0.3, -0.25) is 4.79 Å². The minimum absolute atomic E-state index is 0.0259. The molecule has 0 bridgehead atoms. The van der Waals surface area contributed by atoms with E-state index in [2.05, 4.69) is 10.1 Å². The summed E-state index contributed by atoms with van der Waals surface area (Å²) in [4.78, 5) is 23.2. The summed E-state index contributed by atoms with van der Waals surface area (Å²) in [5.74, 6) is -0.399. The van der Waals surface area contributed by atoms with Crippen LogP contribution in [0.5, 0.6) is 0 Å². The zero-order valence-corrected chi connectivity index (χ0v) is 13.6. The first-order valence-electron chi connectivity index (χ1n) is 7.27. The van der Waals surface area contributed by atoms with Crippen molar-refractivity contribution in [2.45, 2.75) is 19.4 Å². The van der Waals surface area contributed by atoms with Gasteiger partial charge in [-0.1, -0.05) is 35.9 Å². The third-order valence-corrected chi connectivity index (χ3v) is 3.63. The molecule has 23 heavy (non-hydrogen) atoms. The number of rotatable bonds is 6. The highest BCUT2D eigenvalue weighted by Crippen LogP contribution is 2.12. The molecule has 2 aromatic rings. The van der Waals surface area contributed by atoms with Crippen LogP contribution in [0.4, 0.5) is 0 Å². The highest BCUT2D eigenvalue weighted by atomic mass is 35.5. The van der Waals surface area contributed by atoms with E-state index in [-0.39, 0.29) is 11.9 Å². The van der Waals surface area contributed by atoms with Gasteiger partial charge in [0.25, 0.3) is 0 Å². The molecule has 0 fully saturated rings. The van der Waals surface area contributed by atoms with E-state index in [1.807, 2.05) is 24.3 Å². The van der Waals surface area contributed by atoms with Gasteiger partial charge in [0.15, 0.2) is 0 Å². The number of benzene rings is 2. The first kappa shape index (κ1) is 17.0. The molecule has 0 unspecified atom stereocenters. The van der Waals surface area contributed by atoms with Crippen molar-refractivity contribution in [1.82, 2.24) is 5.32 Å². The van der Waals surface area contributed by atoms with Crippen LogP contribution in [0.1, 0.15) is 27.9 Å². The first-order chi connectivity index (χ1) is 11.1. The summed E-state index contributed by atoms with van der Waals surface area (Å²) in [7, 11) is 1.34. The van der Waals surface area contributed by atoms with Gasteiger partial charge < -0.3 is 10.1 Å². The summed E-state index contributed by atoms with van der Waals surface area (Å²) in [6.07, 6.45) is 1.05. The number of hydrogen-bond donors (Lipinski definition) is 1. The summed E-state index contributed by atoms with van der Waals surface area (Å²) in [6.45, 7) is 0.426. The molecule has 5 heteroatoms. The van der Waals surface area contributed by atoms with Crippen LogP contribution in [0, 0.1) is 0 Å². The molecule has 0 radical (unpaired) electrons. The van der Waals surface area contributed by atoms with E-state index >= 15 is 0 Å². The second-order valence-corrected chi connectivity index (χ2v) is 5.53. The fourth-order valence-electron chi connectivity index (χ4n) is 2.12. The van der Waals surface area contributed by atoms with Gasteiger partial charge in [0.05, 0.1) is 12.7 Å². The normalized spacial score (nSPS) is 10.2. The summed E-state index contributed by atoms with van der Waals surface area (Å²) in [5.41, 5.74) is 2.45. The molecule has 0 aliphatic rings. The minimum atomic E-state index is -0.373. The number of methoxy groups -OCH3 is 1. The lowest BCUT2D eigenvalue weighted by atomic mass is 10.1. The molecule has 0 aliphatic heterocycles. The predicted octanol–water partition coefficient (Wildman–Crippen LogP) is 3.38. The maximum absolute atomic E-state index is 11.9. The Labute approximate surface area is 140 Å². The number of halogens is 1. The molecule has 4 nitrogen and oxygen atoms in total. The molecule has 2 rings (SSSR count). The summed E-state index contributed by atoms with van der Waals surface area (Å²) >= 11 is 5.91. The van der Waals surface area contributed by atoms with Crippen LogP contribution in [-0.2, 0) is 22.5 Å². The average Bonchev–Trinajstić information content (AvgIpc) is 2.58. The van der Waals surface area contributed by atoms with E-state index in [0.717, 1.165) is 11.1 Å². The third kappa shape index (κ3) is 5.42. The smallest absolute Gasteiger partial charge is 0.337 e. The topological polar surface area (TPSA) is 55.4 Å². The summed E-state index contributed by atoms with van der Waals surface area (Å²) in [5, 5.41) is 3.53. The van der Waals surface area contributed by atoms with Gasteiger partial charge >= 0.3 is 5.97 Å². The molecule has 0 aromatic heterocycles. The largest absolute Gasteiger partial charge is 0.465 e. The average molecular weight is 332 g/mol. The number of carbonyl (C=O) groups excluding carboxylic acids is 2. The van der Waals surface area contributed by atoms with Crippen LogP contribution < -0.4 is 5.32 Å². The fraction of sp³-hybridized carbons (Fsp3) is 0.222. The number of nitrogens with one attached hydrogen (secondary N) is 1. The van der Waals surface area contributed by atoms with E-state index in [4.69, 9.17) is 11.6 Å². The Morgan fingerprint density at radius 3 is 2.48 bits per heavy atom. The van der Waals surface area contributed by atoms with Gasteiger partial charge in [0.1, 0.15) is 0 Å². The van der Waals surface area contributed by atoms with Crippen molar-refractivity contribution in [1.29, 1.82) is 0 Å². The molecular formula is C18H18ClNO3. The molecule has 1 amide bonds. The van der Waals surface area contributed by atoms with Crippen molar-refractivity contribution in [3.05, 3.63) is 70.2 Å². The second-order valence-electron chi connectivity index (χ2n) is 5.10. The van der Waals surface area contributed by atoms with E-state index in [1.165, 1.54) is 7.11 Å². The van der Waals surface area contributed by atoms with Gasteiger partial charge in [0.2, 0.25) is 5.91 Å². The van der Waals surface area contributed by atoms with Crippen molar-refractivity contribution in [2.75, 3.05) is 7.11 Å². The highest BCUT2D eigenvalue weighted by Gasteiger charge is 2.06. The lowest BCUT2D eigenvalue weighted by molar-refractivity contribution is -0.121. The Morgan fingerprint density at radius 2 is 1.83 bits per heavy atom. The van der Waals surface area contributed by atoms with Gasteiger partial charge in [0, 0.05) is 18.0 Å². The minimum Gasteiger partial charge on any atom is -0.465 e. The van der Waals surface area contributed by atoms with Crippen LogP contribution in [0.25, 0.3) is 0 Å². The molecule has 0 aliphatic carbocycles. The van der Waals surface area contributed by atoms with Crippen molar-refractivity contribution in [3.63, 3.8) is 0 Å². The monoisotopic (exact) mass is 331 g/mol. The zero-order chi connectivity index (χ0) is 16.7. The third-order valence-electron chi connectivity index (χ3n) is 3.39. The van der Waals surface area contributed by atoms with Crippen LogP contribution >= 0.6 is 11.6 Å². The lowest BCUT2D eigenvalue weighted by Gasteiger charge is -2.06. The Kier molecular flexibility index (Phi) is 6.18. The molecule has 1 N–H and O–H groups in total. The zero-order valence-electron chi connectivity index (χ0n) is 12.8. The predicted molar refractivity (Wildman–Crippen MR) is 89.4 cm³/mol. The number of carbonyl (C=O) groups is 2. The molecule has 0 heterocycles. The van der Waals surface area contributed by atoms with E-state index < -0.39 is 0 Å². The molecule has 0 saturated carbocycles. The maximum Gasteiger partial charge on any atom is 0.337 e. The van der Waals surface area contributed by atoms with E-state index in [0.29, 0.717) is 30.0 Å². The van der Waals surface area contributed by atoms with Gasteiger partial charge in [-0.25, -0.2) is 4.79 Å². The van der Waals surface area contributed by atoms with E-state index in [9.17, 15) is 9.59 Å². The van der Waals surface area contributed by atoms with Crippen molar-refractivity contribution >= 4 is 23.5 Å². The van der Waals surface area contributed by atoms with Crippen LogP contribution in [0.15, 0.2) is 48.5 Å². The summed E-state index contributed by atoms with van der Waals surface area (Å²) in [6, 6.07) is 14.4. The van der Waals surface area contributed by atoms with Crippen LogP contribution in [-0.4, -0.2) is 19.0 Å². The molecule has 2 aromatic carbocycles. The molecule has 0 spiro atoms. The van der Waals surface area contributed by atoms with Crippen molar-refractivity contribution < 1.29 is 14.3 Å². The molecule has 0 atom stereocenters. The van der Waals surface area contributed by atoms with Crippen molar-refractivity contribution in [2.24, 2.45) is 0 Å². The van der Waals surface area contributed by atoms with Crippen LogP contribution in [0.2, 0.25) is 5.02 Å². The summed E-state index contributed by atoms with van der Waals surface area (Å²) < 4.78 is 4.64. The lowest BCUT2D eigenvalue weighted by Crippen LogP contribution is -2.23. The van der Waals surface area contributed by atoms with E-state index in [1.54, 1.807) is 24.3 Å². The highest BCUT2D eigenvalue weighted by molar-refractivity contribution is 6.30. The quantitative estimate of drug-likeness (QED) is 0.826. The van der Waals surface area contributed by atoms with Crippen molar-refractivity contribution in [3.8, 4) is 0 Å². The maximum atomic E-state index is 11.9. The molecule has 120 valence electrons. The molecular weight excluding hydrogens is 314 g/mol. The number of hydrogen-bond acceptors (Lipinski definition) is 3. The van der Waals surface area contributed by atoms with Gasteiger partial charge in [-0.15, -0.1) is 0 Å². The Hall–Kier alpha value is -2.33. The number of aryl methyl sites for hydroxylation is 1. The number of ether oxygens (including phenoxy) is 1.